The summed E-state index contributed by atoms with van der Waals surface area (Å²) in [7, 11) is 3.27. The third-order valence-electron chi connectivity index (χ3n) is 16.2. The predicted molar refractivity (Wildman–Crippen MR) is 283 cm³/mol. The SMILES string of the molecule is C=CC(=O)N1CCN(CC(F)F)C2(CCN(C(=O)N(C)[C@H](C(=O)N[C@H]3CN4CCC=C(C4)c4ccc5c(c4)c(c(-c4cccnc4[C@H](C)OC)n5CC)CC(C)(C)COC(=O)[C@@H]4CCCN(N4)C3=O)C(C)C)CC2)C1. The van der Waals surface area contributed by atoms with Gasteiger partial charge in [0.2, 0.25) is 11.8 Å². The van der Waals surface area contributed by atoms with Crippen LogP contribution in [0.4, 0.5) is 13.6 Å². The minimum absolute atomic E-state index is 0.122. The van der Waals surface area contributed by atoms with Gasteiger partial charge >= 0.3 is 12.0 Å². The maximum atomic E-state index is 14.9. The number of aromatic nitrogens is 2. The van der Waals surface area contributed by atoms with E-state index < -0.39 is 65.9 Å². The molecule has 17 nitrogen and oxygen atoms in total. The number of likely N-dealkylation sites (tertiary alicyclic amines) is 1. The molecule has 3 fully saturated rings. The number of methoxy groups -OCH3 is 1. The molecular weight excluding hydrogens is 963 g/mol. The van der Waals surface area contributed by atoms with E-state index in [0.717, 1.165) is 44.6 Å². The third-order valence-corrected chi connectivity index (χ3v) is 16.2. The number of nitrogens with zero attached hydrogens (tertiary/aromatic N) is 8. The van der Waals surface area contributed by atoms with Gasteiger partial charge in [0.1, 0.15) is 18.1 Å². The fourth-order valence-corrected chi connectivity index (χ4v) is 12.2. The summed E-state index contributed by atoms with van der Waals surface area (Å²) in [6.45, 7) is 19.0. The molecule has 3 saturated heterocycles. The number of urea groups is 1. The zero-order chi connectivity index (χ0) is 53.9. The van der Waals surface area contributed by atoms with Crippen molar-refractivity contribution in [2.24, 2.45) is 11.3 Å². The molecule has 1 unspecified atom stereocenters. The molecule has 1 spiro atoms. The van der Waals surface area contributed by atoms with Crippen LogP contribution in [0.15, 0.2) is 55.3 Å². The van der Waals surface area contributed by atoms with E-state index in [-0.39, 0.29) is 57.3 Å². The lowest BCUT2D eigenvalue weighted by molar-refractivity contribution is -0.155. The number of amides is 5. The molecule has 5 aliphatic heterocycles. The molecule has 0 aliphatic carbocycles. The van der Waals surface area contributed by atoms with E-state index in [1.165, 1.54) is 16.0 Å². The van der Waals surface area contributed by atoms with Crippen LogP contribution in [0, 0.1) is 11.3 Å². The Morgan fingerprint density at radius 2 is 1.81 bits per heavy atom. The largest absolute Gasteiger partial charge is 0.464 e. The molecule has 2 N–H and O–H groups in total. The number of hydrogen-bond acceptors (Lipinski definition) is 11. The first-order chi connectivity index (χ1) is 35.8. The van der Waals surface area contributed by atoms with Gasteiger partial charge in [0.05, 0.1) is 30.6 Å². The maximum absolute atomic E-state index is 14.9. The normalized spacial score (nSPS) is 23.4. The highest BCUT2D eigenvalue weighted by atomic mass is 19.3. The van der Waals surface area contributed by atoms with Crippen LogP contribution in [-0.4, -0.2) is 185 Å². The number of cyclic esters (lactones) is 1. The number of piperazine rings is 1. The van der Waals surface area contributed by atoms with Gasteiger partial charge in [-0.2, -0.15) is 0 Å². The van der Waals surface area contributed by atoms with E-state index >= 15 is 0 Å². The number of aryl methyl sites for hydroxylation is 1. The Bertz CT molecular complexity index is 2650. The van der Waals surface area contributed by atoms with Crippen LogP contribution in [0.1, 0.15) is 96.6 Å². The summed E-state index contributed by atoms with van der Waals surface area (Å²) in [6, 6.07) is 7.40. The Labute approximate surface area is 440 Å². The minimum Gasteiger partial charge on any atom is -0.464 e. The van der Waals surface area contributed by atoms with Crippen LogP contribution in [-0.2, 0) is 41.6 Å². The maximum Gasteiger partial charge on any atom is 0.324 e. The standard InChI is InChI=1S/C56H78F2N10O7/c1-10-47(69)65-27-28-66(33-46(57)58)56(34-65)20-25-64(26-21-56)54(73)62(8)49(36(3)4)51(70)60-44-32-63-23-13-15-39(31-63)38-18-19-45-41(29-38)42(50(67(45)11-2)40-16-12-22-59-48(40)37(5)74-9)30-55(6,7)35-75-53(72)43-17-14-24-68(61-43)52(44)71/h10,12,15-16,18-19,22,29,36-37,43-44,46,49,61H,1,11,13-14,17,20-21,23-28,30-35H2,2-9H3,(H,60,70)/t37-,43-,44-,49-/m0/s1. The van der Waals surface area contributed by atoms with E-state index in [9.17, 15) is 32.8 Å². The van der Waals surface area contributed by atoms with E-state index in [1.54, 1.807) is 35.1 Å². The number of carbonyl (C=O) groups is 5. The summed E-state index contributed by atoms with van der Waals surface area (Å²) in [5.74, 6) is -2.01. The number of hydrogen-bond donors (Lipinski definition) is 2. The third kappa shape index (κ3) is 11.8. The molecule has 75 heavy (non-hydrogen) atoms. The number of pyridine rings is 1. The highest BCUT2D eigenvalue weighted by molar-refractivity contribution is 5.95. The minimum atomic E-state index is -2.56. The molecule has 1 aromatic carbocycles. The van der Waals surface area contributed by atoms with Crippen molar-refractivity contribution < 1.29 is 42.2 Å². The molecule has 2 aromatic heterocycles. The lowest BCUT2D eigenvalue weighted by Gasteiger charge is -2.54. The van der Waals surface area contributed by atoms with Crippen LogP contribution >= 0.6 is 0 Å². The van der Waals surface area contributed by atoms with Gasteiger partial charge in [-0.1, -0.05) is 46.4 Å². The van der Waals surface area contributed by atoms with Crippen molar-refractivity contribution in [3.05, 3.63) is 72.1 Å². The molecule has 0 saturated carbocycles. The summed E-state index contributed by atoms with van der Waals surface area (Å²) in [5, 5.41) is 5.62. The van der Waals surface area contributed by atoms with Crippen molar-refractivity contribution in [1.82, 2.24) is 49.8 Å². The van der Waals surface area contributed by atoms with Gasteiger partial charge in [-0.3, -0.25) is 39.0 Å². The molecule has 5 amide bonds. The highest BCUT2D eigenvalue weighted by Crippen LogP contribution is 2.42. The van der Waals surface area contributed by atoms with Crippen LogP contribution in [0.2, 0.25) is 0 Å². The average molecular weight is 1040 g/mol. The molecule has 19 heteroatoms. The Balaban J connectivity index is 1.08. The molecule has 6 bridgehead atoms. The van der Waals surface area contributed by atoms with Crippen LogP contribution in [0.25, 0.3) is 27.7 Å². The number of hydrazine groups is 1. The van der Waals surface area contributed by atoms with E-state index in [0.29, 0.717) is 71.2 Å². The molecule has 0 radical (unpaired) electrons. The van der Waals surface area contributed by atoms with Crippen molar-refractivity contribution >= 4 is 46.2 Å². The number of carbonyl (C=O) groups excluding carboxylic acids is 5. The summed E-state index contributed by atoms with van der Waals surface area (Å²) in [6.07, 6.45) is 5.45. The second-order valence-corrected chi connectivity index (χ2v) is 22.3. The lowest BCUT2D eigenvalue weighted by atomic mass is 9.83. The van der Waals surface area contributed by atoms with Gasteiger partial charge in [-0.05, 0) is 105 Å². The van der Waals surface area contributed by atoms with Crippen molar-refractivity contribution in [3.8, 4) is 11.3 Å². The van der Waals surface area contributed by atoms with Crippen molar-refractivity contribution in [1.29, 1.82) is 0 Å². The van der Waals surface area contributed by atoms with Crippen LogP contribution in [0.3, 0.4) is 0 Å². The Morgan fingerprint density at radius 3 is 2.51 bits per heavy atom. The van der Waals surface area contributed by atoms with Crippen LogP contribution in [0.5, 0.6) is 0 Å². The van der Waals surface area contributed by atoms with E-state index in [4.69, 9.17) is 14.5 Å². The van der Waals surface area contributed by atoms with Crippen molar-refractivity contribution in [2.45, 2.75) is 123 Å². The van der Waals surface area contributed by atoms with Crippen LogP contribution < -0.4 is 10.7 Å². The predicted octanol–water partition coefficient (Wildman–Crippen LogP) is 6.13. The summed E-state index contributed by atoms with van der Waals surface area (Å²) in [5.41, 5.74) is 9.11. The zero-order valence-electron chi connectivity index (χ0n) is 45.2. The topological polar surface area (TPSA) is 165 Å². The number of halogens is 2. The quantitative estimate of drug-likeness (QED) is 0.168. The number of benzene rings is 1. The highest BCUT2D eigenvalue weighted by Gasteiger charge is 2.47. The fourth-order valence-electron chi connectivity index (χ4n) is 12.2. The number of piperidine rings is 1. The smallest absolute Gasteiger partial charge is 0.324 e. The van der Waals surface area contributed by atoms with Gasteiger partial charge in [-0.15, -0.1) is 0 Å². The van der Waals surface area contributed by atoms with Gasteiger partial charge in [-0.25, -0.2) is 19.0 Å². The molecule has 8 rings (SSSR count). The number of rotatable bonds is 11. The summed E-state index contributed by atoms with van der Waals surface area (Å²) >= 11 is 0. The zero-order valence-corrected chi connectivity index (χ0v) is 45.2. The number of fused-ring (bicyclic) bond motifs is 6. The first kappa shape index (κ1) is 55.5. The lowest BCUT2D eigenvalue weighted by Crippen LogP contribution is -2.68. The number of alkyl halides is 2. The van der Waals surface area contributed by atoms with E-state index in [2.05, 4.69) is 77.9 Å². The van der Waals surface area contributed by atoms with Crippen molar-refractivity contribution in [2.75, 3.05) is 86.2 Å². The fraction of sp³-hybridized carbons (Fsp3) is 0.607. The summed E-state index contributed by atoms with van der Waals surface area (Å²) in [4.78, 5) is 84.3. The molecule has 408 valence electrons. The number of ether oxygens (including phenoxy) is 2. The van der Waals surface area contributed by atoms with Gasteiger partial charge in [0.15, 0.2) is 0 Å². The number of likely N-dealkylation sites (N-methyl/N-ethyl adjacent to an activating group) is 1. The average Bonchev–Trinajstić information content (AvgIpc) is 3.71. The van der Waals surface area contributed by atoms with Gasteiger partial charge in [0, 0.05) is 113 Å². The number of nitrogens with one attached hydrogen (secondary N) is 2. The summed E-state index contributed by atoms with van der Waals surface area (Å²) < 4.78 is 42.0. The molecule has 7 heterocycles. The second-order valence-electron chi connectivity index (χ2n) is 22.3. The molecule has 5 aliphatic rings. The van der Waals surface area contributed by atoms with Gasteiger partial charge < -0.3 is 34.1 Å². The Hall–Kier alpha value is -5.76. The molecule has 5 atom stereocenters. The number of esters is 1. The first-order valence-corrected chi connectivity index (χ1v) is 26.8. The second kappa shape index (κ2) is 23.2. The first-order valence-electron chi connectivity index (χ1n) is 26.8. The van der Waals surface area contributed by atoms with Crippen molar-refractivity contribution in [3.63, 3.8) is 0 Å². The Morgan fingerprint density at radius 1 is 1.05 bits per heavy atom. The monoisotopic (exact) mass is 1040 g/mol. The van der Waals surface area contributed by atoms with E-state index in [1.807, 2.05) is 26.8 Å². The Kier molecular flexibility index (Phi) is 17.2. The molecular formula is C56H78F2N10O7. The molecule has 3 aromatic rings. The van der Waals surface area contributed by atoms with Gasteiger partial charge in [0.25, 0.3) is 12.3 Å².